The van der Waals surface area contributed by atoms with Crippen LogP contribution in [0.25, 0.3) is 0 Å². The molecule has 2 fully saturated rings. The van der Waals surface area contributed by atoms with E-state index in [2.05, 4.69) is 0 Å². The van der Waals surface area contributed by atoms with E-state index < -0.39 is 133 Å². The maximum absolute atomic E-state index is 13.9. The van der Waals surface area contributed by atoms with Gasteiger partial charge < -0.3 is 88.6 Å². The van der Waals surface area contributed by atoms with Crippen molar-refractivity contribution in [1.29, 1.82) is 0 Å². The second kappa shape index (κ2) is 43.1. The Bertz CT molecular complexity index is 2480. The number of ether oxygens (including phenoxy) is 9. The molecule has 9 N–H and O–H groups in total. The molecule has 4 bridgehead atoms. The zero-order valence-corrected chi connectivity index (χ0v) is 62.0. The number of methoxy groups -OCH3 is 3. The van der Waals surface area contributed by atoms with E-state index in [-0.39, 0.29) is 106 Å². The van der Waals surface area contributed by atoms with Crippen molar-refractivity contribution in [3.63, 3.8) is 0 Å². The maximum atomic E-state index is 13.9. The van der Waals surface area contributed by atoms with Crippen LogP contribution in [0.1, 0.15) is 199 Å². The zero-order valence-electron chi connectivity index (χ0n) is 62.0. The number of hydrogen-bond acceptors (Lipinski definition) is 20. The summed E-state index contributed by atoms with van der Waals surface area (Å²) in [4.78, 5) is 27.7. The molecular formula is C78H132O20. The molecular weight excluding hydrogens is 1260 g/mol. The van der Waals surface area contributed by atoms with Crippen molar-refractivity contribution < 1.29 is 98.2 Å². The number of rotatable bonds is 16. The van der Waals surface area contributed by atoms with Gasteiger partial charge in [0.15, 0.2) is 0 Å². The lowest BCUT2D eigenvalue weighted by molar-refractivity contribution is -0.155. The largest absolute Gasteiger partial charge is 0.459 e. The maximum Gasteiger partial charge on any atom is 0.331 e. The van der Waals surface area contributed by atoms with Gasteiger partial charge in [-0.25, -0.2) is 9.59 Å². The fourth-order valence-electron chi connectivity index (χ4n) is 15.4. The molecule has 0 spiro atoms. The smallest absolute Gasteiger partial charge is 0.331 e. The molecule has 5 aliphatic rings. The number of hydrogen-bond donors (Lipinski definition) is 9. The van der Waals surface area contributed by atoms with E-state index in [9.17, 15) is 55.5 Å². The number of cyclic esters (lactones) is 2. The lowest BCUT2D eigenvalue weighted by atomic mass is 9.78. The first-order valence-corrected chi connectivity index (χ1v) is 37.1. The zero-order chi connectivity index (χ0) is 72.5. The Morgan fingerprint density at radius 1 is 0.520 bits per heavy atom. The van der Waals surface area contributed by atoms with Gasteiger partial charge in [0.2, 0.25) is 0 Å². The van der Waals surface area contributed by atoms with E-state index in [0.29, 0.717) is 62.5 Å². The molecule has 30 atom stereocenters. The average molecular weight is 1390 g/mol. The first-order chi connectivity index (χ1) is 46.4. The van der Waals surface area contributed by atoms with Crippen LogP contribution >= 0.6 is 0 Å². The summed E-state index contributed by atoms with van der Waals surface area (Å²) in [6.07, 6.45) is 14.2. The first-order valence-electron chi connectivity index (χ1n) is 37.1. The fourth-order valence-corrected chi connectivity index (χ4v) is 15.4. The van der Waals surface area contributed by atoms with Crippen molar-refractivity contribution in [2.24, 2.45) is 53.3 Å². The summed E-state index contributed by atoms with van der Waals surface area (Å²) in [5, 5.41) is 105. The highest BCUT2D eigenvalue weighted by molar-refractivity contribution is 5.83. The van der Waals surface area contributed by atoms with Crippen molar-refractivity contribution in [2.45, 2.75) is 327 Å². The molecule has 5 rings (SSSR count). The van der Waals surface area contributed by atoms with Crippen LogP contribution in [0.15, 0.2) is 71.9 Å². The molecule has 5 heterocycles. The predicted molar refractivity (Wildman–Crippen MR) is 377 cm³/mol. The average Bonchev–Trinajstić information content (AvgIpc) is 0.848. The minimum Gasteiger partial charge on any atom is -0.459 e. The van der Waals surface area contributed by atoms with Gasteiger partial charge in [0.05, 0.1) is 116 Å². The van der Waals surface area contributed by atoms with Gasteiger partial charge in [-0.1, -0.05) is 115 Å². The summed E-state index contributed by atoms with van der Waals surface area (Å²) in [5.41, 5.74) is 1.38. The Balaban J connectivity index is 1.37. The minimum absolute atomic E-state index is 0.0171. The minimum atomic E-state index is -1.16. The van der Waals surface area contributed by atoms with Crippen LogP contribution < -0.4 is 0 Å². The van der Waals surface area contributed by atoms with Gasteiger partial charge in [-0.15, -0.1) is 0 Å². The summed E-state index contributed by atoms with van der Waals surface area (Å²) < 4.78 is 55.3. The Kier molecular flexibility index (Phi) is 37.6. The third-order valence-corrected chi connectivity index (χ3v) is 22.4. The summed E-state index contributed by atoms with van der Waals surface area (Å²) in [7, 11) is 5.00. The van der Waals surface area contributed by atoms with Crippen molar-refractivity contribution in [3.8, 4) is 0 Å². The number of fused-ring (bicyclic) bond motifs is 4. The second-order valence-electron chi connectivity index (χ2n) is 30.5. The van der Waals surface area contributed by atoms with Gasteiger partial charge in [0.1, 0.15) is 12.2 Å². The van der Waals surface area contributed by atoms with Crippen molar-refractivity contribution in [1.82, 2.24) is 0 Å². The monoisotopic (exact) mass is 1390 g/mol. The van der Waals surface area contributed by atoms with E-state index >= 15 is 0 Å². The molecule has 4 unspecified atom stereocenters. The van der Waals surface area contributed by atoms with Crippen LogP contribution in [-0.4, -0.2) is 214 Å². The summed E-state index contributed by atoms with van der Waals surface area (Å²) in [6.45, 7) is 22.1. The number of aliphatic hydroxyl groups is 9. The SMILES string of the molecule is CO[C@H]1CC(CC[C@H](C)[C@H](O)[C@H](C)[C@@H](O)[C@@H](C)C2C[C@H](O)[C@H](C)[C@@H](CO)CC3CC=C[C@@H](C[C@@H](O)C/C=C(C)/C=C/C(=O)O[C@@H]([C@@H](C)CC[C@H]4C[C@H](OC)C[C@H](C)O4)[C@H](C)[C@@H](O)[C@@H](C)[C@H](O)C[C@H](O)[C@H](C)[C@@H](OC)CC4CC=C[C@H](C[C@@H](O)C/C=C(C)/C=C/C(=O)O2)O4)O3)O[C@@H](C)C1. The number of carbonyl (C=O) groups is 2. The standard InChI is InChI=1S/C78H132O20/c1-45-22-28-59(81)38-62-20-17-21-63(96-62)41-71(92-15)52(8)68(82)42-69(83)53(9)76(88)56(12)78(48(4)27-31-65-40-67(91-14)35-50(6)94-65)98-74(86)33-25-46(2)23-29-58(80)37-61-19-16-18-60(95-61)36-57(44-79)51(7)70(84)43-72(97-73(85)32-24-45)54(10)77(89)55(11)75(87)47(3)26-30-64-39-66(90-13)34-49(5)93-64/h16-17,19-20,22-25,32-33,47-72,75-84,87-89H,18,21,26-31,34-44H2,1-15H3/b32-24+,33-25+,45-22+,46-23+/t47-,48-,49-,50-,51+,52-,53-,54-,55-,56+,57+,58-,59-,60?,61-,62+,63?,64?,65-,66+,67+,68-,69+,70-,71-,72?,75-,76-,77-,78-/m0/s1. The quantitative estimate of drug-likeness (QED) is 0.0513. The molecule has 0 aliphatic carbocycles. The Morgan fingerprint density at radius 2 is 1.01 bits per heavy atom. The lowest BCUT2D eigenvalue weighted by Crippen LogP contribution is -2.45. The molecule has 0 saturated carbocycles. The highest BCUT2D eigenvalue weighted by Gasteiger charge is 2.42. The highest BCUT2D eigenvalue weighted by Crippen LogP contribution is 2.37. The summed E-state index contributed by atoms with van der Waals surface area (Å²) >= 11 is 0. The van der Waals surface area contributed by atoms with Gasteiger partial charge in [-0.3, -0.25) is 0 Å². The first kappa shape index (κ1) is 85.4. The molecule has 0 aromatic rings. The third-order valence-electron chi connectivity index (χ3n) is 22.4. The van der Waals surface area contributed by atoms with Crippen LogP contribution in [-0.2, 0) is 52.2 Å². The molecule has 0 radical (unpaired) electrons. The summed E-state index contributed by atoms with van der Waals surface area (Å²) in [5.74, 6) is -6.00. The van der Waals surface area contributed by atoms with Crippen molar-refractivity contribution in [2.75, 3.05) is 27.9 Å². The molecule has 20 nitrogen and oxygen atoms in total. The van der Waals surface area contributed by atoms with Crippen LogP contribution in [0.5, 0.6) is 0 Å². The molecule has 20 heteroatoms. The van der Waals surface area contributed by atoms with Gasteiger partial charge in [-0.05, 0) is 141 Å². The molecule has 2 saturated heterocycles. The number of allylic oxidation sites excluding steroid dienone is 4. The number of aliphatic hydroxyl groups excluding tert-OH is 9. The molecule has 564 valence electrons. The van der Waals surface area contributed by atoms with Crippen LogP contribution in [0.3, 0.4) is 0 Å². The van der Waals surface area contributed by atoms with Crippen LogP contribution in [0.2, 0.25) is 0 Å². The predicted octanol–water partition coefficient (Wildman–Crippen LogP) is 9.70. The van der Waals surface area contributed by atoms with E-state index in [0.717, 1.165) is 25.7 Å². The topological polar surface area (TPSA) is 299 Å². The summed E-state index contributed by atoms with van der Waals surface area (Å²) in [6, 6.07) is 0. The highest BCUT2D eigenvalue weighted by atomic mass is 16.6. The molecule has 0 amide bonds. The van der Waals surface area contributed by atoms with E-state index in [1.165, 1.54) is 12.2 Å². The van der Waals surface area contributed by atoms with E-state index in [1.54, 1.807) is 61.2 Å². The number of esters is 2. The van der Waals surface area contributed by atoms with Crippen LogP contribution in [0, 0.1) is 53.3 Å². The molecule has 0 aromatic heterocycles. The third kappa shape index (κ3) is 28.1. The van der Waals surface area contributed by atoms with Crippen LogP contribution in [0.4, 0.5) is 0 Å². The van der Waals surface area contributed by atoms with E-state index in [1.807, 2.05) is 91.8 Å². The van der Waals surface area contributed by atoms with Gasteiger partial charge in [0.25, 0.3) is 0 Å². The van der Waals surface area contributed by atoms with Crippen molar-refractivity contribution >= 4 is 11.9 Å². The fraction of sp³-hybridized carbons (Fsp3) is 0.821. The normalized spacial score (nSPS) is 41.1. The lowest BCUT2D eigenvalue weighted by Gasteiger charge is -2.38. The number of carbonyl (C=O) groups excluding carboxylic acids is 2. The van der Waals surface area contributed by atoms with Gasteiger partial charge in [0, 0.05) is 95.4 Å². The Labute approximate surface area is 587 Å². The Morgan fingerprint density at radius 3 is 1.52 bits per heavy atom. The van der Waals surface area contributed by atoms with E-state index in [4.69, 9.17) is 42.6 Å². The molecule has 5 aliphatic heterocycles. The van der Waals surface area contributed by atoms with Gasteiger partial charge in [-0.2, -0.15) is 0 Å². The second-order valence-corrected chi connectivity index (χ2v) is 30.5. The molecule has 0 aromatic carbocycles. The van der Waals surface area contributed by atoms with Crippen molar-refractivity contribution in [3.05, 3.63) is 71.9 Å². The Hall–Kier alpha value is -3.26. The van der Waals surface area contributed by atoms with Gasteiger partial charge >= 0.3 is 11.9 Å². The molecule has 98 heavy (non-hydrogen) atoms.